The van der Waals surface area contributed by atoms with Gasteiger partial charge in [-0.15, -0.1) is 0 Å². The predicted molar refractivity (Wildman–Crippen MR) is 111 cm³/mol. The number of esters is 1. The van der Waals surface area contributed by atoms with Crippen molar-refractivity contribution in [3.8, 4) is 5.75 Å². The first-order chi connectivity index (χ1) is 14.1. The van der Waals surface area contributed by atoms with E-state index in [4.69, 9.17) is 9.47 Å². The fourth-order valence-electron chi connectivity index (χ4n) is 4.51. The molecule has 0 aliphatic heterocycles. The third-order valence-corrected chi connectivity index (χ3v) is 5.76. The van der Waals surface area contributed by atoms with Crippen molar-refractivity contribution >= 4 is 16.9 Å². The van der Waals surface area contributed by atoms with Crippen LogP contribution in [0.1, 0.15) is 48.9 Å². The van der Waals surface area contributed by atoms with Crippen molar-refractivity contribution in [3.63, 3.8) is 0 Å². The molecular weight excluding hydrogens is 369 g/mol. The van der Waals surface area contributed by atoms with Crippen molar-refractivity contribution in [2.24, 2.45) is 0 Å². The van der Waals surface area contributed by atoms with Gasteiger partial charge in [-0.1, -0.05) is 12.1 Å². The lowest BCUT2D eigenvalue weighted by molar-refractivity contribution is -0.143. The van der Waals surface area contributed by atoms with Gasteiger partial charge in [-0.2, -0.15) is 0 Å². The molecule has 0 saturated heterocycles. The maximum atomic E-state index is 14.0. The summed E-state index contributed by atoms with van der Waals surface area (Å²) in [4.78, 5) is 12.2. The number of halogens is 1. The van der Waals surface area contributed by atoms with Crippen LogP contribution in [0.15, 0.2) is 42.5 Å². The van der Waals surface area contributed by atoms with Gasteiger partial charge in [-0.3, -0.25) is 4.79 Å². The van der Waals surface area contributed by atoms with E-state index in [9.17, 15) is 9.18 Å². The number of hydrogen-bond donors (Lipinski definition) is 0. The lowest BCUT2D eigenvalue weighted by Crippen LogP contribution is -2.19. The summed E-state index contributed by atoms with van der Waals surface area (Å²) in [6, 6.07) is 13.0. The van der Waals surface area contributed by atoms with Crippen molar-refractivity contribution in [1.82, 2.24) is 4.57 Å². The van der Waals surface area contributed by atoms with Gasteiger partial charge in [0.25, 0.3) is 0 Å². The molecule has 152 valence electrons. The summed E-state index contributed by atoms with van der Waals surface area (Å²) >= 11 is 0. The number of fused-ring (bicyclic) bond motifs is 3. The largest absolute Gasteiger partial charge is 0.497 e. The smallest absolute Gasteiger partial charge is 0.306 e. The third-order valence-electron chi connectivity index (χ3n) is 5.76. The lowest BCUT2D eigenvalue weighted by Gasteiger charge is -2.25. The molecule has 2 aromatic carbocycles. The molecule has 3 aromatic rings. The molecule has 29 heavy (non-hydrogen) atoms. The van der Waals surface area contributed by atoms with E-state index in [-0.39, 0.29) is 17.7 Å². The van der Waals surface area contributed by atoms with Crippen LogP contribution in [-0.2, 0) is 22.5 Å². The Morgan fingerprint density at radius 3 is 2.72 bits per heavy atom. The normalized spacial score (nSPS) is 15.9. The maximum absolute atomic E-state index is 14.0. The summed E-state index contributed by atoms with van der Waals surface area (Å²) in [5.74, 6) is 0.508. The van der Waals surface area contributed by atoms with Gasteiger partial charge >= 0.3 is 5.97 Å². The minimum absolute atomic E-state index is 0.0894. The van der Waals surface area contributed by atoms with Gasteiger partial charge in [-0.25, -0.2) is 4.39 Å². The van der Waals surface area contributed by atoms with Crippen LogP contribution in [0.4, 0.5) is 4.39 Å². The van der Waals surface area contributed by atoms with Crippen molar-refractivity contribution in [1.29, 1.82) is 0 Å². The number of aromatic nitrogens is 1. The molecule has 0 fully saturated rings. The van der Waals surface area contributed by atoms with Crippen LogP contribution in [-0.4, -0.2) is 24.3 Å². The van der Waals surface area contributed by atoms with Crippen LogP contribution >= 0.6 is 0 Å². The Hall–Kier alpha value is -2.82. The molecule has 1 atom stereocenters. The zero-order chi connectivity index (χ0) is 20.4. The van der Waals surface area contributed by atoms with Crippen molar-refractivity contribution < 1.29 is 18.7 Å². The van der Waals surface area contributed by atoms with Gasteiger partial charge in [0.1, 0.15) is 11.6 Å². The number of hydrogen-bond acceptors (Lipinski definition) is 3. The summed E-state index contributed by atoms with van der Waals surface area (Å²) in [6.07, 6.45) is 3.20. The number of benzene rings is 2. The molecule has 0 radical (unpaired) electrons. The van der Waals surface area contributed by atoms with Crippen molar-refractivity contribution in [2.45, 2.75) is 45.1 Å². The fourth-order valence-corrected chi connectivity index (χ4v) is 4.51. The van der Waals surface area contributed by atoms with E-state index in [0.29, 0.717) is 19.6 Å². The summed E-state index contributed by atoms with van der Waals surface area (Å²) in [7, 11) is 1.65. The molecule has 0 bridgehead atoms. The van der Waals surface area contributed by atoms with E-state index in [1.54, 1.807) is 13.2 Å². The number of nitrogens with zero attached hydrogens (tertiary/aromatic N) is 1. The number of methoxy groups -OCH3 is 1. The van der Waals surface area contributed by atoms with Crippen molar-refractivity contribution in [2.75, 3.05) is 13.7 Å². The van der Waals surface area contributed by atoms with Crippen LogP contribution < -0.4 is 4.74 Å². The Balaban J connectivity index is 1.80. The molecule has 0 saturated carbocycles. The van der Waals surface area contributed by atoms with E-state index in [0.717, 1.165) is 47.2 Å². The van der Waals surface area contributed by atoms with Gasteiger partial charge in [0.15, 0.2) is 0 Å². The highest BCUT2D eigenvalue weighted by atomic mass is 19.1. The van der Waals surface area contributed by atoms with Crippen LogP contribution in [0.5, 0.6) is 5.75 Å². The van der Waals surface area contributed by atoms with Gasteiger partial charge in [0, 0.05) is 29.1 Å². The Labute approximate surface area is 170 Å². The standard InChI is InChI=1S/C24H26FNO3/c1-3-29-23(27)13-17-5-4-6-20-21-14-18(25)9-12-22(21)26(24(17)20)15-16-7-10-19(28-2)11-8-16/h7-12,14,17H,3-6,13,15H2,1-2H3. The van der Waals surface area contributed by atoms with Gasteiger partial charge in [0.2, 0.25) is 0 Å². The quantitative estimate of drug-likeness (QED) is 0.538. The first-order valence-corrected chi connectivity index (χ1v) is 10.2. The lowest BCUT2D eigenvalue weighted by atomic mass is 9.84. The molecule has 4 rings (SSSR count). The zero-order valence-corrected chi connectivity index (χ0v) is 16.9. The number of carbonyl (C=O) groups excluding carboxylic acids is 1. The highest BCUT2D eigenvalue weighted by Gasteiger charge is 2.29. The van der Waals surface area contributed by atoms with Crippen molar-refractivity contribution in [3.05, 3.63) is 65.1 Å². The SMILES string of the molecule is CCOC(=O)CC1CCCc2c1n(Cc1ccc(OC)cc1)c1ccc(F)cc21. The number of aryl methyl sites for hydroxylation is 1. The van der Waals surface area contributed by atoms with Gasteiger partial charge in [0.05, 0.1) is 20.1 Å². The zero-order valence-electron chi connectivity index (χ0n) is 16.9. The van der Waals surface area contributed by atoms with Crippen LogP contribution in [0.2, 0.25) is 0 Å². The highest BCUT2D eigenvalue weighted by Crippen LogP contribution is 2.41. The summed E-state index contributed by atoms with van der Waals surface area (Å²) < 4.78 is 26.8. The molecule has 0 spiro atoms. The summed E-state index contributed by atoms with van der Waals surface area (Å²) in [5, 5.41) is 0.960. The van der Waals surface area contributed by atoms with Crippen LogP contribution in [0.25, 0.3) is 10.9 Å². The van der Waals surface area contributed by atoms with E-state index < -0.39 is 0 Å². The molecule has 1 aliphatic carbocycles. The Morgan fingerprint density at radius 2 is 2.00 bits per heavy atom. The van der Waals surface area contributed by atoms with E-state index in [1.807, 2.05) is 37.3 Å². The highest BCUT2D eigenvalue weighted by molar-refractivity contribution is 5.86. The monoisotopic (exact) mass is 395 g/mol. The van der Waals surface area contributed by atoms with E-state index >= 15 is 0 Å². The first kappa shape index (κ1) is 19.5. The molecule has 1 heterocycles. The molecular formula is C24H26FNO3. The number of carbonyl (C=O) groups is 1. The number of rotatable bonds is 6. The second-order valence-electron chi connectivity index (χ2n) is 7.56. The van der Waals surface area contributed by atoms with Gasteiger partial charge in [-0.05, 0) is 67.6 Å². The minimum Gasteiger partial charge on any atom is -0.497 e. The molecule has 1 unspecified atom stereocenters. The predicted octanol–water partition coefficient (Wildman–Crippen LogP) is 5.21. The molecule has 4 nitrogen and oxygen atoms in total. The van der Waals surface area contributed by atoms with Gasteiger partial charge < -0.3 is 14.0 Å². The second-order valence-corrected chi connectivity index (χ2v) is 7.56. The average Bonchev–Trinajstić information content (AvgIpc) is 3.03. The maximum Gasteiger partial charge on any atom is 0.306 e. The van der Waals surface area contributed by atoms with Crippen LogP contribution in [0, 0.1) is 5.82 Å². The molecule has 1 aromatic heterocycles. The van der Waals surface area contributed by atoms with E-state index in [1.165, 1.54) is 11.6 Å². The topological polar surface area (TPSA) is 40.5 Å². The van der Waals surface area contributed by atoms with E-state index in [2.05, 4.69) is 4.57 Å². The summed E-state index contributed by atoms with van der Waals surface area (Å²) in [6.45, 7) is 2.88. The molecule has 5 heteroatoms. The summed E-state index contributed by atoms with van der Waals surface area (Å²) in [5.41, 5.74) is 4.48. The average molecular weight is 395 g/mol. The second kappa shape index (κ2) is 8.27. The minimum atomic E-state index is -0.227. The molecule has 1 aliphatic rings. The Kier molecular flexibility index (Phi) is 5.56. The third kappa shape index (κ3) is 3.86. The Morgan fingerprint density at radius 1 is 1.21 bits per heavy atom. The first-order valence-electron chi connectivity index (χ1n) is 10.2. The Bertz CT molecular complexity index is 1020. The van der Waals surface area contributed by atoms with Crippen LogP contribution in [0.3, 0.4) is 0 Å². The fraction of sp³-hybridized carbons (Fsp3) is 0.375. The molecule has 0 amide bonds. The molecule has 0 N–H and O–H groups in total. The number of ether oxygens (including phenoxy) is 2.